The molecule has 0 saturated carbocycles. The number of hydrogen-bond donors (Lipinski definition) is 0. The number of rotatable bonds is 3. The van der Waals surface area contributed by atoms with Gasteiger partial charge in [0.2, 0.25) is 0 Å². The van der Waals surface area contributed by atoms with E-state index in [0.29, 0.717) is 0 Å². The summed E-state index contributed by atoms with van der Waals surface area (Å²) in [4.78, 5) is 4.72. The Labute approximate surface area is 142 Å². The van der Waals surface area contributed by atoms with Gasteiger partial charge in [-0.15, -0.1) is 10.2 Å². The Balaban J connectivity index is 1.73. The van der Waals surface area contributed by atoms with Crippen molar-refractivity contribution in [1.82, 2.24) is 29.5 Å². The van der Waals surface area contributed by atoms with Crippen LogP contribution in [0.2, 0.25) is 0 Å². The maximum Gasteiger partial charge on any atom is 0.198 e. The maximum atomic E-state index is 5.94. The van der Waals surface area contributed by atoms with Gasteiger partial charge in [-0.1, -0.05) is 0 Å². The zero-order chi connectivity index (χ0) is 16.8. The number of furan rings is 1. The van der Waals surface area contributed by atoms with E-state index in [0.717, 1.165) is 44.0 Å². The molecule has 0 fully saturated rings. The third-order valence-corrected chi connectivity index (χ3v) is 4.83. The maximum absolute atomic E-state index is 5.94. The minimum absolute atomic E-state index is 0.725. The van der Waals surface area contributed by atoms with Crippen LogP contribution in [0.4, 0.5) is 0 Å². The van der Waals surface area contributed by atoms with Crippen molar-refractivity contribution in [3.63, 3.8) is 0 Å². The second-order valence-corrected chi connectivity index (χ2v) is 6.65. The fourth-order valence-corrected chi connectivity index (χ4v) is 3.48. The van der Waals surface area contributed by atoms with Gasteiger partial charge in [0.05, 0.1) is 5.69 Å². The molecule has 4 rings (SSSR count). The minimum atomic E-state index is 0.725. The Kier molecular flexibility index (Phi) is 3.42. The lowest BCUT2D eigenvalue weighted by atomic mass is 10.1. The van der Waals surface area contributed by atoms with Crippen molar-refractivity contribution in [3.05, 3.63) is 35.8 Å². The molecule has 4 aromatic heterocycles. The molecule has 0 N–H and O–H groups in total. The fourth-order valence-electron chi connectivity index (χ4n) is 2.75. The number of nitrogens with zero attached hydrogens (tertiary/aromatic N) is 6. The van der Waals surface area contributed by atoms with Crippen LogP contribution >= 0.6 is 11.8 Å². The van der Waals surface area contributed by atoms with E-state index in [2.05, 4.69) is 22.2 Å². The van der Waals surface area contributed by atoms with Crippen LogP contribution < -0.4 is 0 Å². The van der Waals surface area contributed by atoms with Crippen molar-refractivity contribution in [2.45, 2.75) is 24.1 Å². The summed E-state index contributed by atoms with van der Waals surface area (Å²) in [6.07, 6.45) is 1.66. The van der Waals surface area contributed by atoms with Crippen molar-refractivity contribution in [2.24, 2.45) is 14.1 Å². The van der Waals surface area contributed by atoms with E-state index >= 15 is 0 Å². The first-order chi connectivity index (χ1) is 11.5. The third-order valence-electron chi connectivity index (χ3n) is 3.86. The largest absolute Gasteiger partial charge is 0.448 e. The molecule has 0 spiro atoms. The molecule has 7 nitrogen and oxygen atoms in total. The molecule has 0 aliphatic rings. The summed E-state index contributed by atoms with van der Waals surface area (Å²) in [5.41, 5.74) is 3.79. The van der Waals surface area contributed by atoms with E-state index in [-0.39, 0.29) is 0 Å². The minimum Gasteiger partial charge on any atom is -0.448 e. The predicted octanol–water partition coefficient (Wildman–Crippen LogP) is 3.12. The highest BCUT2D eigenvalue weighted by molar-refractivity contribution is 7.99. The van der Waals surface area contributed by atoms with E-state index in [1.165, 1.54) is 11.8 Å². The molecule has 0 unspecified atom stereocenters. The summed E-state index contributed by atoms with van der Waals surface area (Å²) in [6.45, 7) is 4.07. The Morgan fingerprint density at radius 3 is 2.75 bits per heavy atom. The standard InChI is InChI=1S/C16H16N6OS/c1-9-7-11(18-15-14(9)10(2)20-22(15)4)12-5-6-13(23-12)24-16-19-17-8-21(16)3/h5-8H,1-4H3. The van der Waals surface area contributed by atoms with Gasteiger partial charge in [0.15, 0.2) is 21.7 Å². The molecule has 0 radical (unpaired) electrons. The van der Waals surface area contributed by atoms with Crippen LogP contribution in [0.1, 0.15) is 11.3 Å². The van der Waals surface area contributed by atoms with Crippen LogP contribution in [0.25, 0.3) is 22.5 Å². The van der Waals surface area contributed by atoms with Crippen LogP contribution in [-0.4, -0.2) is 29.5 Å². The molecule has 0 bridgehead atoms. The van der Waals surface area contributed by atoms with Crippen molar-refractivity contribution >= 4 is 22.8 Å². The summed E-state index contributed by atoms with van der Waals surface area (Å²) < 4.78 is 9.59. The zero-order valence-corrected chi connectivity index (χ0v) is 14.6. The molecule has 0 aliphatic heterocycles. The van der Waals surface area contributed by atoms with Crippen LogP contribution in [0.5, 0.6) is 0 Å². The molecule has 0 amide bonds. The Morgan fingerprint density at radius 1 is 1.17 bits per heavy atom. The van der Waals surface area contributed by atoms with E-state index in [4.69, 9.17) is 9.40 Å². The lowest BCUT2D eigenvalue weighted by molar-refractivity contribution is 0.485. The highest BCUT2D eigenvalue weighted by atomic mass is 32.2. The molecule has 0 aliphatic carbocycles. The quantitative estimate of drug-likeness (QED) is 0.570. The predicted molar refractivity (Wildman–Crippen MR) is 90.8 cm³/mol. The van der Waals surface area contributed by atoms with E-state index in [1.807, 2.05) is 43.8 Å². The second-order valence-electron chi connectivity index (χ2n) is 5.68. The molecule has 24 heavy (non-hydrogen) atoms. The van der Waals surface area contributed by atoms with Gasteiger partial charge in [-0.3, -0.25) is 4.68 Å². The molecule has 4 heterocycles. The van der Waals surface area contributed by atoms with Gasteiger partial charge in [0.25, 0.3) is 0 Å². The fraction of sp³-hybridized carbons (Fsp3) is 0.250. The topological polar surface area (TPSA) is 74.6 Å². The Morgan fingerprint density at radius 2 is 2.00 bits per heavy atom. The first-order valence-corrected chi connectivity index (χ1v) is 8.27. The normalized spacial score (nSPS) is 11.5. The Hall–Kier alpha value is -2.61. The highest BCUT2D eigenvalue weighted by Crippen LogP contribution is 2.32. The first-order valence-electron chi connectivity index (χ1n) is 7.46. The zero-order valence-electron chi connectivity index (χ0n) is 13.8. The van der Waals surface area contributed by atoms with Gasteiger partial charge in [-0.05, 0) is 49.4 Å². The van der Waals surface area contributed by atoms with Crippen molar-refractivity contribution in [3.8, 4) is 11.5 Å². The third kappa shape index (κ3) is 2.39. The average molecular weight is 340 g/mol. The van der Waals surface area contributed by atoms with E-state index in [9.17, 15) is 0 Å². The number of aromatic nitrogens is 6. The SMILES string of the molecule is Cc1cc(-c2ccc(Sc3nncn3C)o2)nc2c1c(C)nn2C. The summed E-state index contributed by atoms with van der Waals surface area (Å²) in [6, 6.07) is 5.88. The molecule has 0 atom stereocenters. The molecule has 122 valence electrons. The summed E-state index contributed by atoms with van der Waals surface area (Å²) in [5, 5.41) is 15.0. The van der Waals surface area contributed by atoms with Crippen LogP contribution in [0.15, 0.2) is 39.2 Å². The number of aryl methyl sites for hydroxylation is 4. The second kappa shape index (κ2) is 5.48. The molecule has 4 aromatic rings. The van der Waals surface area contributed by atoms with Gasteiger partial charge < -0.3 is 8.98 Å². The number of hydrogen-bond acceptors (Lipinski definition) is 6. The van der Waals surface area contributed by atoms with Gasteiger partial charge in [-0.25, -0.2) is 4.98 Å². The smallest absolute Gasteiger partial charge is 0.198 e. The molecular formula is C16H16N6OS. The van der Waals surface area contributed by atoms with Crippen LogP contribution in [0.3, 0.4) is 0 Å². The molecule has 0 aromatic carbocycles. The van der Waals surface area contributed by atoms with Crippen molar-refractivity contribution in [2.75, 3.05) is 0 Å². The number of pyridine rings is 1. The summed E-state index contributed by atoms with van der Waals surface area (Å²) in [7, 11) is 3.80. The lowest BCUT2D eigenvalue weighted by Crippen LogP contribution is -1.94. The summed E-state index contributed by atoms with van der Waals surface area (Å²) >= 11 is 1.43. The monoisotopic (exact) mass is 340 g/mol. The molecule has 0 saturated heterocycles. The number of fused-ring (bicyclic) bond motifs is 1. The Bertz CT molecular complexity index is 1040. The first kappa shape index (κ1) is 14.9. The van der Waals surface area contributed by atoms with Gasteiger partial charge >= 0.3 is 0 Å². The summed E-state index contributed by atoms with van der Waals surface area (Å²) in [5.74, 6) is 0.725. The van der Waals surface area contributed by atoms with Crippen molar-refractivity contribution < 1.29 is 4.42 Å². The molecule has 8 heteroatoms. The van der Waals surface area contributed by atoms with E-state index in [1.54, 1.807) is 11.0 Å². The van der Waals surface area contributed by atoms with Gasteiger partial charge in [0.1, 0.15) is 12.0 Å². The van der Waals surface area contributed by atoms with Crippen LogP contribution in [-0.2, 0) is 14.1 Å². The lowest BCUT2D eigenvalue weighted by Gasteiger charge is -2.02. The van der Waals surface area contributed by atoms with Gasteiger partial charge in [-0.2, -0.15) is 5.10 Å². The average Bonchev–Trinajstić information content (AvgIpc) is 3.22. The molecular weight excluding hydrogens is 324 g/mol. The van der Waals surface area contributed by atoms with Crippen LogP contribution in [0, 0.1) is 13.8 Å². The van der Waals surface area contributed by atoms with Crippen molar-refractivity contribution in [1.29, 1.82) is 0 Å². The van der Waals surface area contributed by atoms with E-state index < -0.39 is 0 Å². The highest BCUT2D eigenvalue weighted by Gasteiger charge is 2.15. The van der Waals surface area contributed by atoms with Gasteiger partial charge in [0, 0.05) is 19.5 Å².